The second kappa shape index (κ2) is 10.1. The molecule has 0 aliphatic carbocycles. The summed E-state index contributed by atoms with van der Waals surface area (Å²) in [6.07, 6.45) is 6.71. The van der Waals surface area contributed by atoms with Crippen molar-refractivity contribution in [2.24, 2.45) is 5.92 Å². The first-order chi connectivity index (χ1) is 7.67. The topological polar surface area (TPSA) is 21.3 Å². The fourth-order valence-corrected chi connectivity index (χ4v) is 2.17. The van der Waals surface area contributed by atoms with Crippen LogP contribution in [0.3, 0.4) is 0 Å². The van der Waals surface area contributed by atoms with Gasteiger partial charge >= 0.3 is 0 Å². The van der Waals surface area contributed by atoms with Crippen LogP contribution in [0.1, 0.15) is 59.8 Å². The van der Waals surface area contributed by atoms with Crippen LogP contribution in [0.2, 0.25) is 0 Å². The minimum absolute atomic E-state index is 0.392. The molecule has 0 aromatic heterocycles. The van der Waals surface area contributed by atoms with Gasteiger partial charge in [0.1, 0.15) is 0 Å². The number of methoxy groups -OCH3 is 1. The molecule has 98 valence electrons. The van der Waals surface area contributed by atoms with Crippen LogP contribution in [0.25, 0.3) is 0 Å². The molecular weight excluding hydrogens is 198 g/mol. The molecular formula is C14H31NO. The van der Waals surface area contributed by atoms with Gasteiger partial charge in [-0.2, -0.15) is 0 Å². The molecule has 0 fully saturated rings. The second-order valence-corrected chi connectivity index (χ2v) is 4.80. The SMILES string of the molecule is CCNC(CCC(C)OC)CC(CC)CC. The van der Waals surface area contributed by atoms with E-state index in [1.54, 1.807) is 7.11 Å². The summed E-state index contributed by atoms with van der Waals surface area (Å²) in [5, 5.41) is 3.61. The van der Waals surface area contributed by atoms with Crippen LogP contribution in [0, 0.1) is 5.92 Å². The highest BCUT2D eigenvalue weighted by Crippen LogP contribution is 2.18. The van der Waals surface area contributed by atoms with Gasteiger partial charge in [-0.05, 0) is 38.6 Å². The number of hydrogen-bond donors (Lipinski definition) is 1. The molecule has 2 heteroatoms. The Morgan fingerprint density at radius 3 is 2.12 bits per heavy atom. The lowest BCUT2D eigenvalue weighted by molar-refractivity contribution is 0.105. The molecule has 0 heterocycles. The fourth-order valence-electron chi connectivity index (χ4n) is 2.17. The first-order valence-corrected chi connectivity index (χ1v) is 6.93. The molecule has 0 saturated carbocycles. The van der Waals surface area contributed by atoms with Crippen molar-refractivity contribution >= 4 is 0 Å². The van der Waals surface area contributed by atoms with Gasteiger partial charge in [0.25, 0.3) is 0 Å². The third-order valence-corrected chi connectivity index (χ3v) is 3.59. The van der Waals surface area contributed by atoms with E-state index >= 15 is 0 Å². The van der Waals surface area contributed by atoms with E-state index in [1.807, 2.05) is 0 Å². The summed E-state index contributed by atoms with van der Waals surface area (Å²) in [7, 11) is 1.80. The number of hydrogen-bond acceptors (Lipinski definition) is 2. The second-order valence-electron chi connectivity index (χ2n) is 4.80. The molecule has 0 aromatic rings. The lowest BCUT2D eigenvalue weighted by Crippen LogP contribution is -2.31. The molecule has 0 spiro atoms. The molecule has 0 bridgehead atoms. The molecule has 1 N–H and O–H groups in total. The van der Waals surface area contributed by atoms with E-state index in [0.717, 1.165) is 18.9 Å². The van der Waals surface area contributed by atoms with Crippen LogP contribution >= 0.6 is 0 Å². The molecule has 16 heavy (non-hydrogen) atoms. The Labute approximate surface area is 102 Å². The first-order valence-electron chi connectivity index (χ1n) is 6.93. The Balaban J connectivity index is 3.95. The van der Waals surface area contributed by atoms with Crippen LogP contribution in [0.5, 0.6) is 0 Å². The Morgan fingerprint density at radius 2 is 1.69 bits per heavy atom. The molecule has 2 nitrogen and oxygen atoms in total. The Hall–Kier alpha value is -0.0800. The van der Waals surface area contributed by atoms with Gasteiger partial charge in [-0.25, -0.2) is 0 Å². The average molecular weight is 229 g/mol. The van der Waals surface area contributed by atoms with E-state index in [0.29, 0.717) is 12.1 Å². The predicted molar refractivity (Wildman–Crippen MR) is 71.9 cm³/mol. The zero-order chi connectivity index (χ0) is 12.4. The van der Waals surface area contributed by atoms with E-state index in [4.69, 9.17) is 4.74 Å². The van der Waals surface area contributed by atoms with Crippen LogP contribution in [0.4, 0.5) is 0 Å². The Kier molecular flexibility index (Phi) is 10.0. The molecule has 0 amide bonds. The summed E-state index contributed by atoms with van der Waals surface area (Å²) in [4.78, 5) is 0. The maximum Gasteiger partial charge on any atom is 0.0543 e. The summed E-state index contributed by atoms with van der Waals surface area (Å²) >= 11 is 0. The maximum atomic E-state index is 5.31. The highest BCUT2D eigenvalue weighted by molar-refractivity contribution is 4.71. The van der Waals surface area contributed by atoms with Gasteiger partial charge < -0.3 is 10.1 Å². The van der Waals surface area contributed by atoms with Crippen molar-refractivity contribution in [2.75, 3.05) is 13.7 Å². The molecule has 0 aliphatic rings. The monoisotopic (exact) mass is 229 g/mol. The van der Waals surface area contributed by atoms with Crippen molar-refractivity contribution in [3.63, 3.8) is 0 Å². The van der Waals surface area contributed by atoms with Gasteiger partial charge in [-0.3, -0.25) is 0 Å². The maximum absolute atomic E-state index is 5.31. The molecule has 0 aromatic carbocycles. The molecule has 2 unspecified atom stereocenters. The van der Waals surface area contributed by atoms with Gasteiger partial charge in [0.2, 0.25) is 0 Å². The summed E-state index contributed by atoms with van der Waals surface area (Å²) in [5.74, 6) is 0.877. The normalized spacial score (nSPS) is 15.4. The molecule has 0 aliphatic heterocycles. The quantitative estimate of drug-likeness (QED) is 0.618. The van der Waals surface area contributed by atoms with Crippen molar-refractivity contribution in [3.8, 4) is 0 Å². The van der Waals surface area contributed by atoms with E-state index in [2.05, 4.69) is 33.0 Å². The minimum Gasteiger partial charge on any atom is -0.382 e. The lowest BCUT2D eigenvalue weighted by atomic mass is 9.92. The molecule has 2 atom stereocenters. The van der Waals surface area contributed by atoms with E-state index in [1.165, 1.54) is 25.7 Å². The third kappa shape index (κ3) is 7.24. The summed E-state index contributed by atoms with van der Waals surface area (Å²) in [6, 6.07) is 0.674. The van der Waals surface area contributed by atoms with Gasteiger partial charge in [-0.1, -0.05) is 33.6 Å². The van der Waals surface area contributed by atoms with E-state index in [-0.39, 0.29) is 0 Å². The summed E-state index contributed by atoms with van der Waals surface area (Å²) < 4.78 is 5.31. The average Bonchev–Trinajstić information content (AvgIpc) is 2.32. The van der Waals surface area contributed by atoms with Gasteiger partial charge in [0.05, 0.1) is 6.10 Å². The van der Waals surface area contributed by atoms with Crippen molar-refractivity contribution < 1.29 is 4.74 Å². The Morgan fingerprint density at radius 1 is 1.06 bits per heavy atom. The van der Waals surface area contributed by atoms with Crippen LogP contribution < -0.4 is 5.32 Å². The van der Waals surface area contributed by atoms with Crippen molar-refractivity contribution in [3.05, 3.63) is 0 Å². The number of nitrogens with one attached hydrogen (secondary N) is 1. The van der Waals surface area contributed by atoms with Gasteiger partial charge in [0.15, 0.2) is 0 Å². The number of ether oxygens (including phenoxy) is 1. The zero-order valence-electron chi connectivity index (χ0n) is 11.9. The highest BCUT2D eigenvalue weighted by Gasteiger charge is 2.14. The summed E-state index contributed by atoms with van der Waals surface area (Å²) in [6.45, 7) is 10.0. The largest absolute Gasteiger partial charge is 0.382 e. The minimum atomic E-state index is 0.392. The Bertz CT molecular complexity index is 146. The van der Waals surface area contributed by atoms with Crippen LogP contribution in [-0.2, 0) is 4.74 Å². The van der Waals surface area contributed by atoms with Crippen LogP contribution in [0.15, 0.2) is 0 Å². The smallest absolute Gasteiger partial charge is 0.0543 e. The van der Waals surface area contributed by atoms with Gasteiger partial charge in [0, 0.05) is 13.2 Å². The highest BCUT2D eigenvalue weighted by atomic mass is 16.5. The van der Waals surface area contributed by atoms with Gasteiger partial charge in [-0.15, -0.1) is 0 Å². The fraction of sp³-hybridized carbons (Fsp3) is 1.00. The molecule has 0 saturated heterocycles. The van der Waals surface area contributed by atoms with E-state index < -0.39 is 0 Å². The standard InChI is InChI=1S/C14H31NO/c1-6-13(7-2)11-14(15-8-3)10-9-12(4)16-5/h12-15H,6-11H2,1-5H3. The zero-order valence-corrected chi connectivity index (χ0v) is 11.9. The summed E-state index contributed by atoms with van der Waals surface area (Å²) in [5.41, 5.74) is 0. The van der Waals surface area contributed by atoms with Crippen LogP contribution in [-0.4, -0.2) is 25.8 Å². The first kappa shape index (κ1) is 15.9. The third-order valence-electron chi connectivity index (χ3n) is 3.59. The van der Waals surface area contributed by atoms with E-state index in [9.17, 15) is 0 Å². The number of rotatable bonds is 10. The molecule has 0 rings (SSSR count). The molecule has 0 radical (unpaired) electrons. The van der Waals surface area contributed by atoms with Crippen molar-refractivity contribution in [1.29, 1.82) is 0 Å². The van der Waals surface area contributed by atoms with Crippen molar-refractivity contribution in [2.45, 2.75) is 71.9 Å². The van der Waals surface area contributed by atoms with Crippen molar-refractivity contribution in [1.82, 2.24) is 5.32 Å². The predicted octanol–water partition coefficient (Wildman–Crippen LogP) is 3.61. The lowest BCUT2D eigenvalue weighted by Gasteiger charge is -2.23.